The minimum atomic E-state index is -3.73. The molecule has 11 heteroatoms. The van der Waals surface area contributed by atoms with Gasteiger partial charge in [-0.05, 0) is 0 Å². The van der Waals surface area contributed by atoms with Gasteiger partial charge in [0.2, 0.25) is 9.64 Å². The average Bonchev–Trinajstić information content (AvgIpc) is 2.15. The van der Waals surface area contributed by atoms with Crippen molar-refractivity contribution in [1.82, 2.24) is 0 Å². The molecule has 0 saturated heterocycles. The van der Waals surface area contributed by atoms with E-state index in [4.69, 9.17) is 45.9 Å². The summed E-state index contributed by atoms with van der Waals surface area (Å²) < 4.78 is 18.1. The number of rotatable bonds is 3. The van der Waals surface area contributed by atoms with E-state index in [9.17, 15) is 9.67 Å². The number of alkyl halides is 3. The standard InChI is InChI=1S/C4H8Cl3O4P.N3/c1-10-12(9,11-2)3(8)4(5,6)7;1-3-2/h3,8H,1-2H3;/q;-1. The third-order valence-electron chi connectivity index (χ3n) is 1.10. The Kier molecular flexibility index (Phi) is 8.89. The van der Waals surface area contributed by atoms with Crippen molar-refractivity contribution in [2.75, 3.05) is 14.2 Å². The summed E-state index contributed by atoms with van der Waals surface area (Å²) >= 11 is 15.8. The topological polar surface area (TPSA) is 114 Å². The molecule has 0 bridgehead atoms. The van der Waals surface area contributed by atoms with Crippen molar-refractivity contribution >= 4 is 42.4 Å². The monoisotopic (exact) mass is 298 g/mol. The molecule has 90 valence electrons. The molecule has 1 N–H and O–H groups in total. The Morgan fingerprint density at radius 1 is 1.33 bits per heavy atom. The molecule has 0 aliphatic rings. The summed E-state index contributed by atoms with van der Waals surface area (Å²) in [7, 11) is -1.56. The van der Waals surface area contributed by atoms with Crippen LogP contribution in [0.25, 0.3) is 16.0 Å². The average molecular weight is 299 g/mol. The highest BCUT2D eigenvalue weighted by molar-refractivity contribution is 7.54. The SMILES string of the molecule is COP(=O)(OC)C(O)C(Cl)(Cl)Cl.[N-]=[N+]=[N-]. The van der Waals surface area contributed by atoms with Gasteiger partial charge >= 0.3 is 7.60 Å². The quantitative estimate of drug-likeness (QED) is 0.283. The Bertz CT molecular complexity index is 256. The normalized spacial score (nSPS) is 13.5. The van der Waals surface area contributed by atoms with E-state index in [1.54, 1.807) is 0 Å². The molecule has 0 aromatic heterocycles. The molecule has 0 aliphatic heterocycles. The summed E-state index contributed by atoms with van der Waals surface area (Å²) in [6.45, 7) is 0. The van der Waals surface area contributed by atoms with E-state index >= 15 is 0 Å². The van der Waals surface area contributed by atoms with Gasteiger partial charge in [0.05, 0.1) is 0 Å². The van der Waals surface area contributed by atoms with E-state index in [1.165, 1.54) is 4.91 Å². The van der Waals surface area contributed by atoms with Gasteiger partial charge in [-0.15, -0.1) is 0 Å². The third kappa shape index (κ3) is 6.45. The Morgan fingerprint density at radius 3 is 1.67 bits per heavy atom. The van der Waals surface area contributed by atoms with Crippen LogP contribution < -0.4 is 0 Å². The second-order valence-corrected chi connectivity index (χ2v) is 6.58. The summed E-state index contributed by atoms with van der Waals surface area (Å²) in [5.41, 5.74) is 13.5. The predicted octanol–water partition coefficient (Wildman–Crippen LogP) is 3.03. The molecule has 0 amide bonds. The molecule has 0 aromatic carbocycles. The van der Waals surface area contributed by atoms with Crippen LogP contribution in [0.3, 0.4) is 0 Å². The highest BCUT2D eigenvalue weighted by Crippen LogP contribution is 2.57. The molecule has 15 heavy (non-hydrogen) atoms. The van der Waals surface area contributed by atoms with Crippen LogP contribution in [-0.4, -0.2) is 29.0 Å². The first kappa shape index (κ1) is 17.7. The van der Waals surface area contributed by atoms with Crippen LogP contribution in [0.5, 0.6) is 0 Å². The maximum atomic E-state index is 11.3. The van der Waals surface area contributed by atoms with E-state index < -0.39 is 17.2 Å². The zero-order chi connectivity index (χ0) is 12.7. The highest BCUT2D eigenvalue weighted by atomic mass is 35.6. The molecule has 0 spiro atoms. The van der Waals surface area contributed by atoms with Gasteiger partial charge in [-0.2, -0.15) is 0 Å². The molecule has 0 fully saturated rings. The fourth-order valence-corrected chi connectivity index (χ4v) is 2.44. The van der Waals surface area contributed by atoms with E-state index in [1.807, 2.05) is 0 Å². The molecule has 0 rings (SSSR count). The number of halogens is 3. The molecule has 0 saturated carbocycles. The van der Waals surface area contributed by atoms with Crippen LogP contribution in [0, 0.1) is 0 Å². The lowest BCUT2D eigenvalue weighted by Gasteiger charge is -2.24. The van der Waals surface area contributed by atoms with Gasteiger partial charge in [-0.25, -0.2) is 0 Å². The minimum absolute atomic E-state index is 1.09. The smallest absolute Gasteiger partial charge is 0.362 e. The first-order valence-corrected chi connectivity index (χ1v) is 5.88. The first-order chi connectivity index (χ1) is 6.69. The molecular formula is C4H8Cl3N3O4P-. The predicted molar refractivity (Wildman–Crippen MR) is 58.0 cm³/mol. The van der Waals surface area contributed by atoms with Crippen LogP contribution in [-0.2, 0) is 13.6 Å². The van der Waals surface area contributed by atoms with E-state index in [-0.39, 0.29) is 0 Å². The molecule has 1 atom stereocenters. The summed E-state index contributed by atoms with van der Waals surface area (Å²) in [6.07, 6.45) is 0. The van der Waals surface area contributed by atoms with Crippen molar-refractivity contribution in [3.63, 3.8) is 0 Å². The highest BCUT2D eigenvalue weighted by Gasteiger charge is 2.46. The fourth-order valence-electron chi connectivity index (χ4n) is 0.454. The maximum Gasteiger partial charge on any atom is 0.362 e. The number of nitrogens with zero attached hydrogens (tertiary/aromatic N) is 3. The van der Waals surface area contributed by atoms with Gasteiger partial charge in [0.15, 0.2) is 0 Å². The zero-order valence-corrected chi connectivity index (χ0v) is 10.8. The molecule has 0 aromatic rings. The lowest BCUT2D eigenvalue weighted by molar-refractivity contribution is 0.176. The van der Waals surface area contributed by atoms with Crippen LogP contribution >= 0.6 is 42.4 Å². The van der Waals surface area contributed by atoms with E-state index in [0.717, 1.165) is 14.2 Å². The second-order valence-electron chi connectivity index (χ2n) is 1.91. The summed E-state index contributed by atoms with van der Waals surface area (Å²) in [5.74, 6) is -1.80. The molecular weight excluding hydrogens is 291 g/mol. The lowest BCUT2D eigenvalue weighted by atomic mass is 10.8. The van der Waals surface area contributed by atoms with Crippen LogP contribution in [0.2, 0.25) is 0 Å². The van der Waals surface area contributed by atoms with Crippen LogP contribution in [0.1, 0.15) is 0 Å². The summed E-state index contributed by atoms with van der Waals surface area (Å²) in [4.78, 5) is 1.50. The van der Waals surface area contributed by atoms with Crippen molar-refractivity contribution in [3.8, 4) is 0 Å². The number of aliphatic hydroxyl groups excluding tert-OH is 1. The summed E-state index contributed by atoms with van der Waals surface area (Å²) in [6, 6.07) is 0. The molecule has 0 radical (unpaired) electrons. The number of aliphatic hydroxyl groups is 1. The second kappa shape index (κ2) is 7.54. The lowest BCUT2D eigenvalue weighted by Crippen LogP contribution is -2.26. The molecule has 0 heterocycles. The Balaban J connectivity index is 0. The molecule has 0 aliphatic carbocycles. The van der Waals surface area contributed by atoms with Gasteiger partial charge in [0.1, 0.15) is 0 Å². The Labute approximate surface area is 101 Å². The Hall–Kier alpha value is 0.290. The fraction of sp³-hybridized carbons (Fsp3) is 1.00. The van der Waals surface area contributed by atoms with Gasteiger partial charge in [0.25, 0.3) is 0 Å². The van der Waals surface area contributed by atoms with Gasteiger partial charge in [-0.3, -0.25) is 9.48 Å². The maximum absolute atomic E-state index is 11.3. The number of hydrogen-bond donors (Lipinski definition) is 1. The van der Waals surface area contributed by atoms with Crippen molar-refractivity contribution in [2.45, 2.75) is 9.64 Å². The van der Waals surface area contributed by atoms with Crippen LogP contribution in [0.15, 0.2) is 0 Å². The van der Waals surface area contributed by atoms with Crippen molar-refractivity contribution in [2.24, 2.45) is 0 Å². The van der Waals surface area contributed by atoms with Crippen molar-refractivity contribution in [3.05, 3.63) is 16.0 Å². The zero-order valence-electron chi connectivity index (χ0n) is 7.67. The molecule has 7 nitrogen and oxygen atoms in total. The number of hydrogen-bond acceptors (Lipinski definition) is 4. The van der Waals surface area contributed by atoms with E-state index in [2.05, 4.69) is 9.05 Å². The van der Waals surface area contributed by atoms with E-state index in [0.29, 0.717) is 0 Å². The molecule has 1 unspecified atom stereocenters. The van der Waals surface area contributed by atoms with Crippen molar-refractivity contribution < 1.29 is 18.7 Å². The third-order valence-corrected chi connectivity index (χ3v) is 4.18. The van der Waals surface area contributed by atoms with Crippen molar-refractivity contribution in [1.29, 1.82) is 0 Å². The first-order valence-electron chi connectivity index (χ1n) is 3.14. The van der Waals surface area contributed by atoms with Crippen LogP contribution in [0.4, 0.5) is 0 Å². The van der Waals surface area contributed by atoms with Gasteiger partial charge < -0.3 is 25.2 Å². The van der Waals surface area contributed by atoms with Gasteiger partial charge in [0, 0.05) is 14.2 Å². The Morgan fingerprint density at radius 2 is 1.60 bits per heavy atom. The van der Waals surface area contributed by atoms with Gasteiger partial charge in [-0.1, -0.05) is 34.8 Å². The minimum Gasteiger partial charge on any atom is -0.377 e. The largest absolute Gasteiger partial charge is 0.377 e. The summed E-state index contributed by atoms with van der Waals surface area (Å²) in [5, 5.41) is 9.20.